The van der Waals surface area contributed by atoms with Crippen LogP contribution in [0.1, 0.15) is 44.7 Å². The lowest BCUT2D eigenvalue weighted by atomic mass is 10.0. The molecule has 1 amide bonds. The van der Waals surface area contributed by atoms with Crippen LogP contribution in [0.4, 0.5) is 10.5 Å². The summed E-state index contributed by atoms with van der Waals surface area (Å²) in [5.74, 6) is 0.488. The predicted molar refractivity (Wildman–Crippen MR) is 117 cm³/mol. The number of rotatable bonds is 9. The first-order valence-electron chi connectivity index (χ1n) is 10.1. The average Bonchev–Trinajstić information content (AvgIpc) is 2.69. The highest BCUT2D eigenvalue weighted by molar-refractivity contribution is 5.84. The second kappa shape index (κ2) is 11.2. The van der Waals surface area contributed by atoms with Crippen molar-refractivity contribution in [2.45, 2.75) is 45.6 Å². The van der Waals surface area contributed by atoms with E-state index in [-0.39, 0.29) is 5.92 Å². The molecule has 0 fully saturated rings. The highest BCUT2D eigenvalue weighted by Gasteiger charge is 2.16. The molecule has 1 atom stereocenters. The Kier molecular flexibility index (Phi) is 8.70. The van der Waals surface area contributed by atoms with Gasteiger partial charge < -0.3 is 14.2 Å². The van der Waals surface area contributed by atoms with Gasteiger partial charge in [-0.15, -0.1) is 0 Å². The summed E-state index contributed by atoms with van der Waals surface area (Å²) >= 11 is 0. The molecule has 0 spiro atoms. The van der Waals surface area contributed by atoms with Gasteiger partial charge in [0.1, 0.15) is 11.4 Å². The lowest BCUT2D eigenvalue weighted by Crippen LogP contribution is -2.27. The Hall–Kier alpha value is -3.04. The van der Waals surface area contributed by atoms with Crippen LogP contribution in [0.3, 0.4) is 0 Å². The lowest BCUT2D eigenvalue weighted by molar-refractivity contribution is 0.0636. The van der Waals surface area contributed by atoms with Gasteiger partial charge in [-0.2, -0.15) is 5.26 Å². The number of amides is 1. The summed E-state index contributed by atoms with van der Waals surface area (Å²) in [6.07, 6.45) is 0.265. The van der Waals surface area contributed by atoms with Gasteiger partial charge in [0.25, 0.3) is 0 Å². The Morgan fingerprint density at radius 1 is 1.10 bits per heavy atom. The number of nitrogens with zero attached hydrogens (tertiary/aromatic N) is 1. The van der Waals surface area contributed by atoms with E-state index in [1.807, 2.05) is 76.2 Å². The fourth-order valence-corrected chi connectivity index (χ4v) is 2.70. The quantitative estimate of drug-likeness (QED) is 0.607. The van der Waals surface area contributed by atoms with Crippen molar-refractivity contribution in [2.75, 3.05) is 25.1 Å². The van der Waals surface area contributed by atoms with Gasteiger partial charge in [0, 0.05) is 18.7 Å². The van der Waals surface area contributed by atoms with E-state index in [2.05, 4.69) is 11.4 Å². The van der Waals surface area contributed by atoms with E-state index in [4.69, 9.17) is 14.2 Å². The monoisotopic (exact) mass is 410 g/mol. The van der Waals surface area contributed by atoms with Crippen molar-refractivity contribution in [2.24, 2.45) is 0 Å². The standard InChI is InChI=1S/C24H30N2O4/c1-5-28-17-20(16-25)19-8-12-22(13-9-19)29-15-14-18-6-10-21(11-7-18)26-23(27)30-24(2,3)4/h6-13,20H,5,14-15,17H2,1-4H3,(H,26,27). The van der Waals surface area contributed by atoms with Crippen LogP contribution in [0.15, 0.2) is 48.5 Å². The molecule has 160 valence electrons. The smallest absolute Gasteiger partial charge is 0.412 e. The molecule has 0 saturated carbocycles. The van der Waals surface area contributed by atoms with Gasteiger partial charge in [0.15, 0.2) is 0 Å². The first-order chi connectivity index (χ1) is 14.3. The van der Waals surface area contributed by atoms with Crippen LogP contribution in [0.5, 0.6) is 5.75 Å². The molecule has 2 rings (SSSR count). The highest BCUT2D eigenvalue weighted by atomic mass is 16.6. The van der Waals surface area contributed by atoms with Gasteiger partial charge in [0.2, 0.25) is 0 Å². The third-order valence-corrected chi connectivity index (χ3v) is 4.19. The number of anilines is 1. The molecular formula is C24H30N2O4. The predicted octanol–water partition coefficient (Wildman–Crippen LogP) is 5.30. The Morgan fingerprint density at radius 3 is 2.33 bits per heavy atom. The molecule has 2 aromatic carbocycles. The maximum Gasteiger partial charge on any atom is 0.412 e. The summed E-state index contributed by atoms with van der Waals surface area (Å²) in [6, 6.07) is 17.4. The van der Waals surface area contributed by atoms with Crippen molar-refractivity contribution in [3.63, 3.8) is 0 Å². The number of nitrogens with one attached hydrogen (secondary N) is 1. The molecule has 0 aliphatic carbocycles. The molecule has 6 nitrogen and oxygen atoms in total. The Labute approximate surface area is 178 Å². The van der Waals surface area contributed by atoms with Crippen molar-refractivity contribution in [3.05, 3.63) is 59.7 Å². The van der Waals surface area contributed by atoms with Gasteiger partial charge in [0.05, 0.1) is 25.2 Å². The van der Waals surface area contributed by atoms with Crippen LogP contribution in [0, 0.1) is 11.3 Å². The van der Waals surface area contributed by atoms with E-state index < -0.39 is 11.7 Å². The second-order valence-corrected chi connectivity index (χ2v) is 7.83. The van der Waals surface area contributed by atoms with Crippen LogP contribution in [-0.4, -0.2) is 31.5 Å². The minimum atomic E-state index is -0.529. The molecule has 1 unspecified atom stereocenters. The average molecular weight is 411 g/mol. The minimum absolute atomic E-state index is 0.271. The third-order valence-electron chi connectivity index (χ3n) is 4.19. The molecule has 0 aromatic heterocycles. The number of nitriles is 1. The number of ether oxygens (including phenoxy) is 3. The maximum atomic E-state index is 11.8. The molecule has 0 radical (unpaired) electrons. The first-order valence-corrected chi connectivity index (χ1v) is 10.1. The molecule has 0 bridgehead atoms. The number of hydrogen-bond donors (Lipinski definition) is 1. The van der Waals surface area contributed by atoms with Crippen molar-refractivity contribution in [3.8, 4) is 11.8 Å². The zero-order chi connectivity index (χ0) is 22.0. The first kappa shape index (κ1) is 23.2. The van der Waals surface area contributed by atoms with Gasteiger partial charge in [-0.1, -0.05) is 24.3 Å². The Morgan fingerprint density at radius 2 is 1.77 bits per heavy atom. The number of benzene rings is 2. The summed E-state index contributed by atoms with van der Waals surface area (Å²) in [7, 11) is 0. The molecule has 30 heavy (non-hydrogen) atoms. The van der Waals surface area contributed by atoms with E-state index >= 15 is 0 Å². The van der Waals surface area contributed by atoms with Crippen LogP contribution >= 0.6 is 0 Å². The van der Waals surface area contributed by atoms with Crippen LogP contribution in [-0.2, 0) is 15.9 Å². The summed E-state index contributed by atoms with van der Waals surface area (Å²) in [6.45, 7) is 8.91. The fraction of sp³-hybridized carbons (Fsp3) is 0.417. The summed E-state index contributed by atoms with van der Waals surface area (Å²) < 4.78 is 16.4. The molecule has 1 N–H and O–H groups in total. The third kappa shape index (κ3) is 8.14. The Balaban J connectivity index is 1.80. The summed E-state index contributed by atoms with van der Waals surface area (Å²) in [5, 5.41) is 12.0. The number of carbonyl (C=O) groups excluding carboxylic acids is 1. The minimum Gasteiger partial charge on any atom is -0.493 e. The molecule has 0 aliphatic heterocycles. The molecule has 0 aliphatic rings. The van der Waals surface area contributed by atoms with Crippen molar-refractivity contribution >= 4 is 11.8 Å². The summed E-state index contributed by atoms with van der Waals surface area (Å²) in [4.78, 5) is 11.8. The van der Waals surface area contributed by atoms with E-state index in [1.165, 1.54) is 0 Å². The van der Waals surface area contributed by atoms with Crippen molar-refractivity contribution in [1.29, 1.82) is 5.26 Å². The number of hydrogen-bond acceptors (Lipinski definition) is 5. The molecule has 0 heterocycles. The van der Waals surface area contributed by atoms with Crippen LogP contribution in [0.2, 0.25) is 0 Å². The molecule has 0 saturated heterocycles. The Bertz CT molecular complexity index is 833. The van der Waals surface area contributed by atoms with E-state index in [0.717, 1.165) is 23.3 Å². The van der Waals surface area contributed by atoms with Gasteiger partial charge >= 0.3 is 6.09 Å². The normalized spacial score (nSPS) is 12.0. The van der Waals surface area contributed by atoms with Crippen LogP contribution < -0.4 is 10.1 Å². The fourth-order valence-electron chi connectivity index (χ4n) is 2.70. The van der Waals surface area contributed by atoms with E-state index in [0.29, 0.717) is 25.5 Å². The van der Waals surface area contributed by atoms with Gasteiger partial charge in [-0.3, -0.25) is 5.32 Å². The summed E-state index contributed by atoms with van der Waals surface area (Å²) in [5.41, 5.74) is 2.18. The van der Waals surface area contributed by atoms with Crippen molar-refractivity contribution in [1.82, 2.24) is 0 Å². The zero-order valence-corrected chi connectivity index (χ0v) is 18.1. The molecule has 6 heteroatoms. The molecule has 2 aromatic rings. The zero-order valence-electron chi connectivity index (χ0n) is 18.1. The largest absolute Gasteiger partial charge is 0.493 e. The number of carbonyl (C=O) groups is 1. The SMILES string of the molecule is CCOCC(C#N)c1ccc(OCCc2ccc(NC(=O)OC(C)(C)C)cc2)cc1. The molecular weight excluding hydrogens is 380 g/mol. The van der Waals surface area contributed by atoms with E-state index in [9.17, 15) is 10.1 Å². The van der Waals surface area contributed by atoms with Crippen molar-refractivity contribution < 1.29 is 19.0 Å². The second-order valence-electron chi connectivity index (χ2n) is 7.83. The maximum absolute atomic E-state index is 11.8. The highest BCUT2D eigenvalue weighted by Crippen LogP contribution is 2.20. The lowest BCUT2D eigenvalue weighted by Gasteiger charge is -2.19. The van der Waals surface area contributed by atoms with Gasteiger partial charge in [-0.25, -0.2) is 4.79 Å². The van der Waals surface area contributed by atoms with Crippen LogP contribution in [0.25, 0.3) is 0 Å². The topological polar surface area (TPSA) is 80.6 Å². The van der Waals surface area contributed by atoms with E-state index in [1.54, 1.807) is 0 Å². The van der Waals surface area contributed by atoms with Gasteiger partial charge in [-0.05, 0) is 63.1 Å².